The fourth-order valence-corrected chi connectivity index (χ4v) is 5.38. The standard InChI is InChI=1S/C16H21BrO7/c1-15(14(19)20-2)7-8-9(13-23-5-6-24-13)11(17)10(15)12(18)16(8,21-3)22-4/h8,10,13H,5-7H2,1-4H3/t8-,10-,15-/m1/s1. The molecule has 0 spiro atoms. The van der Waals surface area contributed by atoms with E-state index in [0.717, 1.165) is 5.57 Å². The van der Waals surface area contributed by atoms with E-state index in [9.17, 15) is 9.59 Å². The van der Waals surface area contributed by atoms with Crippen molar-refractivity contribution in [2.75, 3.05) is 34.5 Å². The van der Waals surface area contributed by atoms with Gasteiger partial charge in [-0.05, 0) is 13.3 Å². The van der Waals surface area contributed by atoms with Gasteiger partial charge in [0.15, 0.2) is 6.29 Å². The molecule has 0 aromatic rings. The molecule has 0 N–H and O–H groups in total. The van der Waals surface area contributed by atoms with Gasteiger partial charge in [0.1, 0.15) is 0 Å². The number of ether oxygens (including phenoxy) is 5. The molecule has 7 nitrogen and oxygen atoms in total. The molecule has 1 saturated heterocycles. The predicted octanol–water partition coefficient (Wildman–Crippen LogP) is 1.40. The number of allylic oxidation sites excluding steroid dienone is 1. The highest BCUT2D eigenvalue weighted by atomic mass is 79.9. The Labute approximate surface area is 148 Å². The van der Waals surface area contributed by atoms with Gasteiger partial charge in [0, 0.05) is 30.2 Å². The summed E-state index contributed by atoms with van der Waals surface area (Å²) in [6, 6.07) is 0. The molecule has 1 aliphatic heterocycles. The molecule has 2 fully saturated rings. The monoisotopic (exact) mass is 404 g/mol. The molecule has 8 heteroatoms. The molecule has 134 valence electrons. The average molecular weight is 405 g/mol. The molecule has 0 unspecified atom stereocenters. The first-order valence-corrected chi connectivity index (χ1v) is 8.52. The van der Waals surface area contributed by atoms with Crippen LogP contribution in [0.2, 0.25) is 0 Å². The lowest BCUT2D eigenvalue weighted by Gasteiger charge is -2.55. The van der Waals surface area contributed by atoms with E-state index in [1.54, 1.807) is 6.92 Å². The highest BCUT2D eigenvalue weighted by Crippen LogP contribution is 2.60. The maximum atomic E-state index is 13.2. The van der Waals surface area contributed by atoms with Crippen LogP contribution in [0.1, 0.15) is 13.3 Å². The summed E-state index contributed by atoms with van der Waals surface area (Å²) in [7, 11) is 4.18. The molecule has 3 aliphatic carbocycles. The van der Waals surface area contributed by atoms with Crippen molar-refractivity contribution >= 4 is 27.7 Å². The Morgan fingerprint density at radius 1 is 1.21 bits per heavy atom. The Kier molecular flexibility index (Phi) is 4.63. The number of esters is 1. The molecule has 3 atom stereocenters. The number of hydrogen-bond acceptors (Lipinski definition) is 7. The van der Waals surface area contributed by atoms with E-state index in [4.69, 9.17) is 23.7 Å². The van der Waals surface area contributed by atoms with Crippen LogP contribution in [0.15, 0.2) is 10.1 Å². The number of rotatable bonds is 4. The van der Waals surface area contributed by atoms with Crippen LogP contribution in [0.5, 0.6) is 0 Å². The van der Waals surface area contributed by atoms with Crippen LogP contribution in [0.25, 0.3) is 0 Å². The van der Waals surface area contributed by atoms with Crippen LogP contribution >= 0.6 is 15.9 Å². The molecule has 0 amide bonds. The summed E-state index contributed by atoms with van der Waals surface area (Å²) in [5, 5.41) is 0. The van der Waals surface area contributed by atoms with Gasteiger partial charge in [-0.2, -0.15) is 0 Å². The summed E-state index contributed by atoms with van der Waals surface area (Å²) in [6.45, 7) is 2.68. The third kappa shape index (κ3) is 2.17. The minimum atomic E-state index is -1.46. The third-order valence-corrected chi connectivity index (χ3v) is 6.28. The molecule has 0 radical (unpaired) electrons. The van der Waals surface area contributed by atoms with Crippen LogP contribution in [-0.2, 0) is 33.3 Å². The lowest BCUT2D eigenvalue weighted by Crippen LogP contribution is -2.66. The van der Waals surface area contributed by atoms with Gasteiger partial charge in [0.2, 0.25) is 11.6 Å². The summed E-state index contributed by atoms with van der Waals surface area (Å²) in [5.41, 5.74) is -0.236. The topological polar surface area (TPSA) is 80.3 Å². The summed E-state index contributed by atoms with van der Waals surface area (Å²) in [4.78, 5) is 25.6. The molecule has 4 rings (SSSR count). The minimum Gasteiger partial charge on any atom is -0.469 e. The summed E-state index contributed by atoms with van der Waals surface area (Å²) in [5.74, 6) is -3.49. The van der Waals surface area contributed by atoms with Gasteiger partial charge in [-0.3, -0.25) is 9.59 Å². The zero-order valence-corrected chi connectivity index (χ0v) is 15.7. The minimum absolute atomic E-state index is 0.301. The SMILES string of the molecule is COC(=O)[C@]1(C)C[C@@H]2C(C3OCCO3)=C(Br)[C@@H]1C(=O)C2(OC)OC. The first-order chi connectivity index (χ1) is 11.4. The van der Waals surface area contributed by atoms with Gasteiger partial charge in [-0.1, -0.05) is 15.9 Å². The highest BCUT2D eigenvalue weighted by molar-refractivity contribution is 9.11. The molecule has 2 bridgehead atoms. The van der Waals surface area contributed by atoms with E-state index < -0.39 is 35.3 Å². The van der Waals surface area contributed by atoms with Crippen molar-refractivity contribution in [1.82, 2.24) is 0 Å². The fraction of sp³-hybridized carbons (Fsp3) is 0.750. The van der Waals surface area contributed by atoms with Crippen molar-refractivity contribution in [1.29, 1.82) is 0 Å². The summed E-state index contributed by atoms with van der Waals surface area (Å²) < 4.78 is 27.9. The second-order valence-electron chi connectivity index (χ2n) is 6.42. The van der Waals surface area contributed by atoms with Crippen molar-refractivity contribution in [3.63, 3.8) is 0 Å². The molecule has 0 aromatic heterocycles. The Balaban J connectivity index is 2.17. The van der Waals surface area contributed by atoms with Crippen LogP contribution in [0.3, 0.4) is 0 Å². The highest BCUT2D eigenvalue weighted by Gasteiger charge is 2.69. The van der Waals surface area contributed by atoms with Crippen LogP contribution < -0.4 is 0 Å². The Hall–Kier alpha value is -0.800. The zero-order valence-electron chi connectivity index (χ0n) is 14.1. The van der Waals surface area contributed by atoms with E-state index in [0.29, 0.717) is 24.1 Å². The maximum Gasteiger partial charge on any atom is 0.312 e. The van der Waals surface area contributed by atoms with Crippen molar-refractivity contribution in [2.24, 2.45) is 17.3 Å². The van der Waals surface area contributed by atoms with E-state index in [2.05, 4.69) is 15.9 Å². The number of Topliss-reactive ketones (excluding diaryl/α,β-unsaturated/α-hetero) is 1. The van der Waals surface area contributed by atoms with Crippen LogP contribution in [0.4, 0.5) is 0 Å². The van der Waals surface area contributed by atoms with Gasteiger partial charge in [-0.15, -0.1) is 0 Å². The molecule has 4 aliphatic rings. The zero-order chi connectivity index (χ0) is 17.7. The third-order valence-electron chi connectivity index (χ3n) is 5.37. The van der Waals surface area contributed by atoms with Gasteiger partial charge in [0.05, 0.1) is 31.7 Å². The first-order valence-electron chi connectivity index (χ1n) is 7.73. The van der Waals surface area contributed by atoms with Gasteiger partial charge in [0.25, 0.3) is 0 Å². The lowest BCUT2D eigenvalue weighted by atomic mass is 9.54. The summed E-state index contributed by atoms with van der Waals surface area (Å²) in [6.07, 6.45) is -0.238. The van der Waals surface area contributed by atoms with Crippen LogP contribution in [0, 0.1) is 17.3 Å². The molecule has 1 saturated carbocycles. The molecule has 1 heterocycles. The average Bonchev–Trinajstić information content (AvgIpc) is 3.09. The Morgan fingerprint density at radius 2 is 1.79 bits per heavy atom. The number of ketones is 1. The van der Waals surface area contributed by atoms with Crippen molar-refractivity contribution in [2.45, 2.75) is 25.4 Å². The van der Waals surface area contributed by atoms with Gasteiger partial charge < -0.3 is 23.7 Å². The van der Waals surface area contributed by atoms with E-state index in [1.165, 1.54) is 21.3 Å². The smallest absolute Gasteiger partial charge is 0.312 e. The number of fused-ring (bicyclic) bond motifs is 2. The number of halogens is 1. The molecular formula is C16H21BrO7. The number of hydrogen-bond donors (Lipinski definition) is 0. The molecule has 0 aromatic carbocycles. The lowest BCUT2D eigenvalue weighted by molar-refractivity contribution is -0.253. The fourth-order valence-electron chi connectivity index (χ4n) is 4.20. The molecular weight excluding hydrogens is 384 g/mol. The van der Waals surface area contributed by atoms with Crippen LogP contribution in [-0.4, -0.2) is 58.4 Å². The largest absolute Gasteiger partial charge is 0.469 e. The first kappa shape index (κ1) is 18.0. The quantitative estimate of drug-likeness (QED) is 0.517. The number of carbonyl (C=O) groups is 2. The second-order valence-corrected chi connectivity index (χ2v) is 7.27. The molecule has 24 heavy (non-hydrogen) atoms. The van der Waals surface area contributed by atoms with E-state index in [-0.39, 0.29) is 5.78 Å². The maximum absolute atomic E-state index is 13.2. The second kappa shape index (κ2) is 6.17. The van der Waals surface area contributed by atoms with Gasteiger partial charge >= 0.3 is 5.97 Å². The van der Waals surface area contributed by atoms with Crippen molar-refractivity contribution in [3.8, 4) is 0 Å². The van der Waals surface area contributed by atoms with Crippen molar-refractivity contribution in [3.05, 3.63) is 10.1 Å². The number of methoxy groups -OCH3 is 3. The van der Waals surface area contributed by atoms with Crippen molar-refractivity contribution < 1.29 is 33.3 Å². The van der Waals surface area contributed by atoms with E-state index >= 15 is 0 Å². The predicted molar refractivity (Wildman–Crippen MR) is 85.1 cm³/mol. The normalized spacial score (nSPS) is 35.6. The Bertz CT molecular complexity index is 591. The Morgan fingerprint density at radius 3 is 2.29 bits per heavy atom. The summed E-state index contributed by atoms with van der Waals surface area (Å²) >= 11 is 3.53. The van der Waals surface area contributed by atoms with E-state index in [1.807, 2.05) is 0 Å². The number of carbonyl (C=O) groups excluding carboxylic acids is 2. The van der Waals surface area contributed by atoms with Gasteiger partial charge in [-0.25, -0.2) is 0 Å².